The molecular weight excluding hydrogens is 264 g/mol. The highest BCUT2D eigenvalue weighted by molar-refractivity contribution is 6.04. The summed E-state index contributed by atoms with van der Waals surface area (Å²) in [6.45, 7) is 1.81. The molecule has 3 rings (SSSR count). The van der Waals surface area contributed by atoms with E-state index >= 15 is 0 Å². The van der Waals surface area contributed by atoms with Crippen molar-refractivity contribution in [3.8, 4) is 17.2 Å². The molecule has 0 aliphatic carbocycles. The van der Waals surface area contributed by atoms with Gasteiger partial charge in [0.05, 0.1) is 17.1 Å². The highest BCUT2D eigenvalue weighted by Crippen LogP contribution is 2.32. The molecule has 1 aromatic carbocycles. The number of rotatable bonds is 2. The number of hydrogen-bond acceptors (Lipinski definition) is 3. The molecule has 0 aliphatic heterocycles. The van der Waals surface area contributed by atoms with E-state index in [-0.39, 0.29) is 0 Å². The maximum atomic E-state index is 11.5. The Labute approximate surface area is 121 Å². The number of hydrogen-bond donors (Lipinski definition) is 2. The molecule has 3 N–H and O–H groups in total. The van der Waals surface area contributed by atoms with Gasteiger partial charge in [0.15, 0.2) is 0 Å². The molecule has 2 aromatic heterocycles. The number of aromatic amines is 1. The number of carbonyl (C=O) groups excluding carboxylic acids is 1. The minimum Gasteiger partial charge on any atom is -0.364 e. The molecule has 0 aliphatic rings. The van der Waals surface area contributed by atoms with Crippen LogP contribution >= 0.6 is 0 Å². The summed E-state index contributed by atoms with van der Waals surface area (Å²) in [6, 6.07) is 9.41. The number of aromatic nitrogens is 2. The molecule has 21 heavy (non-hydrogen) atoms. The molecule has 102 valence electrons. The van der Waals surface area contributed by atoms with E-state index in [2.05, 4.69) is 16.0 Å². The van der Waals surface area contributed by atoms with Crippen molar-refractivity contribution in [2.45, 2.75) is 6.92 Å². The lowest BCUT2D eigenvalue weighted by atomic mass is 10.00. The molecule has 0 saturated carbocycles. The minimum atomic E-state index is -0.514. The van der Waals surface area contributed by atoms with E-state index in [1.807, 2.05) is 19.1 Å². The number of nitrogens with one attached hydrogen (secondary N) is 1. The third-order valence-electron chi connectivity index (χ3n) is 3.52. The van der Waals surface area contributed by atoms with Crippen LogP contribution in [0.5, 0.6) is 0 Å². The number of H-pyrrole nitrogens is 1. The molecule has 5 heteroatoms. The number of amides is 1. The van der Waals surface area contributed by atoms with E-state index in [1.54, 1.807) is 24.5 Å². The largest absolute Gasteiger partial charge is 0.364 e. The fourth-order valence-corrected chi connectivity index (χ4v) is 2.49. The van der Waals surface area contributed by atoms with E-state index in [4.69, 9.17) is 5.73 Å². The molecule has 0 unspecified atom stereocenters. The van der Waals surface area contributed by atoms with Gasteiger partial charge in [0, 0.05) is 28.9 Å². The van der Waals surface area contributed by atoms with Crippen molar-refractivity contribution in [2.24, 2.45) is 5.73 Å². The van der Waals surface area contributed by atoms with Crippen LogP contribution < -0.4 is 5.73 Å². The number of pyridine rings is 1. The number of nitriles is 1. The van der Waals surface area contributed by atoms with Gasteiger partial charge in [0.2, 0.25) is 0 Å². The third kappa shape index (κ3) is 2.03. The van der Waals surface area contributed by atoms with Crippen LogP contribution in [0.25, 0.3) is 22.0 Å². The highest BCUT2D eigenvalue weighted by atomic mass is 16.1. The molecule has 0 saturated heterocycles. The Kier molecular flexibility index (Phi) is 2.92. The van der Waals surface area contributed by atoms with Gasteiger partial charge in [-0.15, -0.1) is 0 Å². The number of aryl methyl sites for hydroxylation is 1. The first-order valence-electron chi connectivity index (χ1n) is 6.38. The fourth-order valence-electron chi connectivity index (χ4n) is 2.49. The van der Waals surface area contributed by atoms with Crippen LogP contribution in [0.3, 0.4) is 0 Å². The van der Waals surface area contributed by atoms with E-state index in [1.165, 1.54) is 0 Å². The average Bonchev–Trinajstić information content (AvgIpc) is 2.84. The van der Waals surface area contributed by atoms with E-state index in [0.717, 1.165) is 27.6 Å². The summed E-state index contributed by atoms with van der Waals surface area (Å²) in [5, 5.41) is 10.0. The zero-order valence-corrected chi connectivity index (χ0v) is 11.3. The van der Waals surface area contributed by atoms with Gasteiger partial charge < -0.3 is 10.7 Å². The van der Waals surface area contributed by atoms with Crippen molar-refractivity contribution in [2.75, 3.05) is 0 Å². The first-order chi connectivity index (χ1) is 10.1. The van der Waals surface area contributed by atoms with Crippen LogP contribution in [0.15, 0.2) is 36.7 Å². The highest BCUT2D eigenvalue weighted by Gasteiger charge is 2.16. The lowest BCUT2D eigenvalue weighted by Gasteiger charge is -2.04. The first kappa shape index (κ1) is 12.9. The van der Waals surface area contributed by atoms with Gasteiger partial charge in [-0.2, -0.15) is 5.26 Å². The predicted molar refractivity (Wildman–Crippen MR) is 79.5 cm³/mol. The van der Waals surface area contributed by atoms with Gasteiger partial charge in [0.1, 0.15) is 5.69 Å². The number of primary amides is 1. The Morgan fingerprint density at radius 3 is 2.86 bits per heavy atom. The van der Waals surface area contributed by atoms with Crippen LogP contribution in [0, 0.1) is 18.3 Å². The number of benzene rings is 1. The van der Waals surface area contributed by atoms with Crippen molar-refractivity contribution in [3.63, 3.8) is 0 Å². The number of fused-ring (bicyclic) bond motifs is 1. The van der Waals surface area contributed by atoms with Crippen molar-refractivity contribution < 1.29 is 4.79 Å². The zero-order chi connectivity index (χ0) is 15.0. The van der Waals surface area contributed by atoms with Crippen molar-refractivity contribution in [1.29, 1.82) is 5.26 Å². The molecule has 0 spiro atoms. The SMILES string of the molecule is Cc1c(C(N)=O)[nH]c2c(-c3cccnc3)cc(C#N)cc12. The van der Waals surface area contributed by atoms with Crippen molar-refractivity contribution >= 4 is 16.8 Å². The standard InChI is InChI=1S/C16H12N4O/c1-9-12-5-10(7-17)6-13(11-3-2-4-19-8-11)15(12)20-14(9)16(18)21/h2-6,8,20H,1H3,(H2,18,21). The number of nitrogens with zero attached hydrogens (tertiary/aromatic N) is 2. The second-order valence-corrected chi connectivity index (χ2v) is 4.79. The van der Waals surface area contributed by atoms with Crippen molar-refractivity contribution in [1.82, 2.24) is 9.97 Å². The van der Waals surface area contributed by atoms with Gasteiger partial charge in [0.25, 0.3) is 5.91 Å². The lowest BCUT2D eigenvalue weighted by Crippen LogP contribution is -2.12. The minimum absolute atomic E-state index is 0.366. The molecule has 0 fully saturated rings. The zero-order valence-electron chi connectivity index (χ0n) is 11.3. The predicted octanol–water partition coefficient (Wildman–Crippen LogP) is 2.51. The Balaban J connectivity index is 2.41. The molecule has 0 radical (unpaired) electrons. The Hall–Kier alpha value is -3.13. The molecule has 1 amide bonds. The summed E-state index contributed by atoms with van der Waals surface area (Å²) in [5.41, 5.74) is 9.52. The molecule has 5 nitrogen and oxygen atoms in total. The summed E-state index contributed by atoms with van der Waals surface area (Å²) < 4.78 is 0. The first-order valence-corrected chi connectivity index (χ1v) is 6.38. The smallest absolute Gasteiger partial charge is 0.265 e. The number of carbonyl (C=O) groups is 1. The monoisotopic (exact) mass is 276 g/mol. The summed E-state index contributed by atoms with van der Waals surface area (Å²) in [4.78, 5) is 18.7. The van der Waals surface area contributed by atoms with Gasteiger partial charge in [-0.25, -0.2) is 0 Å². The van der Waals surface area contributed by atoms with Crippen LogP contribution in [0.1, 0.15) is 21.6 Å². The van der Waals surface area contributed by atoms with Crippen LogP contribution in [-0.4, -0.2) is 15.9 Å². The van der Waals surface area contributed by atoms with Crippen LogP contribution in [-0.2, 0) is 0 Å². The Morgan fingerprint density at radius 2 is 2.24 bits per heavy atom. The topological polar surface area (TPSA) is 95.6 Å². The van der Waals surface area contributed by atoms with Crippen molar-refractivity contribution in [3.05, 3.63) is 53.5 Å². The summed E-state index contributed by atoms with van der Waals surface area (Å²) in [6.07, 6.45) is 3.40. The molecule has 3 aromatic rings. The Morgan fingerprint density at radius 1 is 1.43 bits per heavy atom. The fraction of sp³-hybridized carbons (Fsp3) is 0.0625. The lowest BCUT2D eigenvalue weighted by molar-refractivity contribution is 0.0996. The summed E-state index contributed by atoms with van der Waals surface area (Å²) in [5.74, 6) is -0.514. The maximum Gasteiger partial charge on any atom is 0.265 e. The van der Waals surface area contributed by atoms with Gasteiger partial charge in [-0.05, 0) is 30.7 Å². The molecule has 2 heterocycles. The second-order valence-electron chi connectivity index (χ2n) is 4.79. The van der Waals surface area contributed by atoms with Gasteiger partial charge >= 0.3 is 0 Å². The molecular formula is C16H12N4O. The van der Waals surface area contributed by atoms with Gasteiger partial charge in [-0.1, -0.05) is 6.07 Å². The van der Waals surface area contributed by atoms with E-state index < -0.39 is 5.91 Å². The third-order valence-corrected chi connectivity index (χ3v) is 3.52. The quantitative estimate of drug-likeness (QED) is 0.752. The summed E-state index contributed by atoms with van der Waals surface area (Å²) in [7, 11) is 0. The maximum absolute atomic E-state index is 11.5. The van der Waals surface area contributed by atoms with Crippen LogP contribution in [0.2, 0.25) is 0 Å². The van der Waals surface area contributed by atoms with Gasteiger partial charge in [-0.3, -0.25) is 9.78 Å². The molecule has 0 atom stereocenters. The normalized spacial score (nSPS) is 10.5. The molecule has 0 bridgehead atoms. The summed E-state index contributed by atoms with van der Waals surface area (Å²) >= 11 is 0. The second kappa shape index (κ2) is 4.76. The van der Waals surface area contributed by atoms with E-state index in [0.29, 0.717) is 11.3 Å². The van der Waals surface area contributed by atoms with E-state index in [9.17, 15) is 10.1 Å². The number of nitrogens with two attached hydrogens (primary N) is 1. The van der Waals surface area contributed by atoms with Crippen LogP contribution in [0.4, 0.5) is 0 Å². The Bertz CT molecular complexity index is 888. The average molecular weight is 276 g/mol.